The average molecular weight is 322 g/mol. The number of hydrogen-bond donors (Lipinski definition) is 2. The van der Waals surface area contributed by atoms with E-state index in [-0.39, 0.29) is 23.8 Å². The summed E-state index contributed by atoms with van der Waals surface area (Å²) in [6.07, 6.45) is 3.57. The van der Waals surface area contributed by atoms with Gasteiger partial charge in [0.15, 0.2) is 11.5 Å². The summed E-state index contributed by atoms with van der Waals surface area (Å²) in [5.41, 5.74) is 1.39. The van der Waals surface area contributed by atoms with Crippen LogP contribution in [0.15, 0.2) is 42.7 Å². The quantitative estimate of drug-likeness (QED) is 0.900. The topological polar surface area (TPSA) is 93.9 Å². The highest BCUT2D eigenvalue weighted by molar-refractivity contribution is 5.88. The van der Waals surface area contributed by atoms with E-state index in [2.05, 4.69) is 44.7 Å². The van der Waals surface area contributed by atoms with Crippen LogP contribution in [0.1, 0.15) is 23.7 Å². The number of benzene rings is 1. The maximum Gasteiger partial charge on any atom is 0.320 e. The van der Waals surface area contributed by atoms with Crippen LogP contribution in [0.25, 0.3) is 0 Å². The highest BCUT2D eigenvalue weighted by Gasteiger charge is 2.33. The zero-order valence-electron chi connectivity index (χ0n) is 13.3. The number of nitriles is 1. The number of urea groups is 1. The van der Waals surface area contributed by atoms with Gasteiger partial charge in [0.25, 0.3) is 0 Å². The van der Waals surface area contributed by atoms with Gasteiger partial charge in [-0.2, -0.15) is 5.26 Å². The number of likely N-dealkylation sites (N-methyl/N-ethyl adjacent to an activating group) is 1. The molecule has 0 unspecified atom stereocenters. The fourth-order valence-electron chi connectivity index (χ4n) is 3.01. The first kappa shape index (κ1) is 15.9. The van der Waals surface area contributed by atoms with E-state index >= 15 is 0 Å². The average Bonchev–Trinajstić information content (AvgIpc) is 2.96. The van der Waals surface area contributed by atoms with Crippen LogP contribution in [0.2, 0.25) is 0 Å². The lowest BCUT2D eigenvalue weighted by molar-refractivity contribution is 0.240. The highest BCUT2D eigenvalue weighted by Crippen LogP contribution is 2.30. The Balaban J connectivity index is 1.65. The summed E-state index contributed by atoms with van der Waals surface area (Å²) >= 11 is 0. The molecule has 2 aromatic rings. The zero-order chi connectivity index (χ0) is 16.9. The normalized spacial score (nSPS) is 20.3. The minimum Gasteiger partial charge on any atom is -0.333 e. The largest absolute Gasteiger partial charge is 0.333 e. The molecule has 2 N–H and O–H groups in total. The Bertz CT molecular complexity index is 740. The second-order valence-corrected chi connectivity index (χ2v) is 5.73. The van der Waals surface area contributed by atoms with Gasteiger partial charge >= 0.3 is 6.03 Å². The molecule has 1 fully saturated rings. The van der Waals surface area contributed by atoms with Gasteiger partial charge < -0.3 is 5.32 Å². The fraction of sp³-hybridized carbons (Fsp3) is 0.294. The Kier molecular flexibility index (Phi) is 4.68. The number of rotatable bonds is 3. The molecule has 2 heterocycles. The third-order valence-corrected chi connectivity index (χ3v) is 4.11. The van der Waals surface area contributed by atoms with Gasteiger partial charge in [0.2, 0.25) is 0 Å². The van der Waals surface area contributed by atoms with Crippen molar-refractivity contribution in [2.24, 2.45) is 0 Å². The Morgan fingerprint density at radius 2 is 2.08 bits per heavy atom. The molecule has 1 aliphatic rings. The van der Waals surface area contributed by atoms with Gasteiger partial charge in [-0.3, -0.25) is 10.2 Å². The van der Waals surface area contributed by atoms with Crippen molar-refractivity contribution in [2.45, 2.75) is 18.5 Å². The summed E-state index contributed by atoms with van der Waals surface area (Å²) < 4.78 is 0. The number of hydrogen-bond acceptors (Lipinski definition) is 5. The zero-order valence-corrected chi connectivity index (χ0v) is 13.3. The van der Waals surface area contributed by atoms with Crippen LogP contribution in [0.4, 0.5) is 10.6 Å². The van der Waals surface area contributed by atoms with Gasteiger partial charge in [0.1, 0.15) is 6.07 Å². The first-order valence-electron chi connectivity index (χ1n) is 7.72. The van der Waals surface area contributed by atoms with E-state index in [1.807, 2.05) is 24.3 Å². The van der Waals surface area contributed by atoms with Crippen molar-refractivity contribution < 1.29 is 4.79 Å². The SMILES string of the molecule is CN1CC[C@@H](NC(=O)Nc2cnc(C#N)cn2)[C@@H]1c1ccccc1. The molecule has 0 aliphatic carbocycles. The molecule has 122 valence electrons. The van der Waals surface area contributed by atoms with E-state index in [9.17, 15) is 4.79 Å². The molecule has 0 bridgehead atoms. The summed E-state index contributed by atoms with van der Waals surface area (Å²) in [5.74, 6) is 0.314. The van der Waals surface area contributed by atoms with Crippen LogP contribution in [-0.2, 0) is 0 Å². The fourth-order valence-corrected chi connectivity index (χ4v) is 3.01. The number of carbonyl (C=O) groups is 1. The first-order chi connectivity index (χ1) is 11.7. The summed E-state index contributed by atoms with van der Waals surface area (Å²) in [6, 6.07) is 11.9. The summed E-state index contributed by atoms with van der Waals surface area (Å²) in [7, 11) is 2.06. The number of carbonyl (C=O) groups excluding carboxylic acids is 1. The number of nitrogens with one attached hydrogen (secondary N) is 2. The summed E-state index contributed by atoms with van der Waals surface area (Å²) in [4.78, 5) is 22.3. The van der Waals surface area contributed by atoms with E-state index in [1.54, 1.807) is 0 Å². The smallest absolute Gasteiger partial charge is 0.320 e. The maximum absolute atomic E-state index is 12.2. The third-order valence-electron chi connectivity index (χ3n) is 4.11. The molecule has 1 aromatic heterocycles. The van der Waals surface area contributed by atoms with Crippen molar-refractivity contribution in [1.29, 1.82) is 5.26 Å². The van der Waals surface area contributed by atoms with Crippen molar-refractivity contribution >= 4 is 11.8 Å². The number of amides is 2. The van der Waals surface area contributed by atoms with Crippen molar-refractivity contribution in [3.63, 3.8) is 0 Å². The third kappa shape index (κ3) is 3.50. The number of anilines is 1. The van der Waals surface area contributed by atoms with Crippen LogP contribution in [0.3, 0.4) is 0 Å². The Hall–Kier alpha value is -2.98. The number of aromatic nitrogens is 2. The molecule has 0 spiro atoms. The molecule has 3 rings (SSSR count). The molecule has 0 saturated carbocycles. The molecule has 0 radical (unpaired) electrons. The van der Waals surface area contributed by atoms with Crippen LogP contribution < -0.4 is 10.6 Å². The Morgan fingerprint density at radius 1 is 1.29 bits per heavy atom. The molecule has 24 heavy (non-hydrogen) atoms. The Labute approximate surface area is 140 Å². The van der Waals surface area contributed by atoms with Crippen molar-refractivity contribution in [2.75, 3.05) is 18.9 Å². The molecule has 7 heteroatoms. The molecule has 2 amide bonds. The number of likely N-dealkylation sites (tertiary alicyclic amines) is 1. The van der Waals surface area contributed by atoms with Gasteiger partial charge in [0, 0.05) is 6.54 Å². The van der Waals surface area contributed by atoms with Crippen molar-refractivity contribution in [3.8, 4) is 6.07 Å². The van der Waals surface area contributed by atoms with Gasteiger partial charge in [-0.25, -0.2) is 14.8 Å². The predicted octanol–water partition coefficient (Wildman–Crippen LogP) is 1.92. The number of nitrogens with zero attached hydrogens (tertiary/aromatic N) is 4. The van der Waals surface area contributed by atoms with Crippen molar-refractivity contribution in [3.05, 3.63) is 54.0 Å². The Morgan fingerprint density at radius 3 is 2.75 bits per heavy atom. The molecule has 1 aromatic carbocycles. The lowest BCUT2D eigenvalue weighted by atomic mass is 10.0. The van der Waals surface area contributed by atoms with E-state index in [4.69, 9.17) is 5.26 Å². The molecule has 1 aliphatic heterocycles. The lowest BCUT2D eigenvalue weighted by Crippen LogP contribution is -2.41. The second kappa shape index (κ2) is 7.06. The van der Waals surface area contributed by atoms with Crippen LogP contribution in [-0.4, -0.2) is 40.5 Å². The molecule has 2 atom stereocenters. The summed E-state index contributed by atoms with van der Waals surface area (Å²) in [6.45, 7) is 0.918. The van der Waals surface area contributed by atoms with Gasteiger partial charge in [0.05, 0.1) is 24.5 Å². The van der Waals surface area contributed by atoms with E-state index in [0.717, 1.165) is 13.0 Å². The van der Waals surface area contributed by atoms with E-state index in [0.29, 0.717) is 5.82 Å². The van der Waals surface area contributed by atoms with Gasteiger partial charge in [-0.15, -0.1) is 0 Å². The van der Waals surface area contributed by atoms with Crippen LogP contribution in [0.5, 0.6) is 0 Å². The monoisotopic (exact) mass is 322 g/mol. The molecular weight excluding hydrogens is 304 g/mol. The van der Waals surface area contributed by atoms with Crippen LogP contribution >= 0.6 is 0 Å². The standard InChI is InChI=1S/C17H18N6O/c1-23-8-7-14(16(23)12-5-3-2-4-6-12)21-17(24)22-15-11-19-13(9-18)10-20-15/h2-6,10-11,14,16H,7-8H2,1H3,(H2,20,21,22,24)/t14-,16+/m1/s1. The predicted molar refractivity (Wildman–Crippen MR) is 89.1 cm³/mol. The lowest BCUT2D eigenvalue weighted by Gasteiger charge is -2.26. The molecule has 7 nitrogen and oxygen atoms in total. The van der Waals surface area contributed by atoms with Crippen LogP contribution in [0, 0.1) is 11.3 Å². The van der Waals surface area contributed by atoms with E-state index < -0.39 is 0 Å². The van der Waals surface area contributed by atoms with Gasteiger partial charge in [-0.1, -0.05) is 30.3 Å². The first-order valence-corrected chi connectivity index (χ1v) is 7.72. The summed E-state index contributed by atoms with van der Waals surface area (Å²) in [5, 5.41) is 14.4. The highest BCUT2D eigenvalue weighted by atomic mass is 16.2. The minimum absolute atomic E-state index is 0.0174. The van der Waals surface area contributed by atoms with Crippen molar-refractivity contribution in [1.82, 2.24) is 20.2 Å². The molecule has 1 saturated heterocycles. The minimum atomic E-state index is -0.324. The second-order valence-electron chi connectivity index (χ2n) is 5.73. The van der Waals surface area contributed by atoms with E-state index in [1.165, 1.54) is 18.0 Å². The molecular formula is C17H18N6O. The maximum atomic E-state index is 12.2. The van der Waals surface area contributed by atoms with Gasteiger partial charge in [-0.05, 0) is 19.0 Å².